The van der Waals surface area contributed by atoms with Crippen LogP contribution in [0.25, 0.3) is 0 Å². The van der Waals surface area contributed by atoms with Gasteiger partial charge in [0.05, 0.1) is 12.0 Å². The molecule has 108 valence electrons. The molecule has 1 heterocycles. The molecule has 0 saturated heterocycles. The first-order chi connectivity index (χ1) is 9.50. The summed E-state index contributed by atoms with van der Waals surface area (Å²) in [6, 6.07) is 3.70. The number of nitrogens with zero attached hydrogens (tertiary/aromatic N) is 2. The van der Waals surface area contributed by atoms with Crippen LogP contribution < -0.4 is 5.73 Å². The summed E-state index contributed by atoms with van der Waals surface area (Å²) in [4.78, 5) is 4.17. The molecule has 1 aromatic carbocycles. The Kier molecular flexibility index (Phi) is 4.13. The highest BCUT2D eigenvalue weighted by Crippen LogP contribution is 2.24. The molecule has 0 aliphatic carbocycles. The lowest BCUT2D eigenvalue weighted by Gasteiger charge is -2.21. The number of aromatic nitrogens is 2. The molecule has 0 amide bonds. The first-order valence-electron chi connectivity index (χ1n) is 6.55. The predicted octanol–water partition coefficient (Wildman–Crippen LogP) is 2.91. The Hall–Kier alpha value is -1.82. The number of hydrogen-bond acceptors (Lipinski definition) is 4. The molecule has 0 atom stereocenters. The summed E-state index contributed by atoms with van der Waals surface area (Å²) < 4.78 is 32.2. The van der Waals surface area contributed by atoms with Gasteiger partial charge in [-0.15, -0.1) is 0 Å². The highest BCUT2D eigenvalue weighted by atomic mass is 19.1. The zero-order chi connectivity index (χ0) is 14.8. The monoisotopic (exact) mass is 281 g/mol. The summed E-state index contributed by atoms with van der Waals surface area (Å²) in [7, 11) is 0. The second-order valence-electron chi connectivity index (χ2n) is 4.75. The van der Waals surface area contributed by atoms with Crippen molar-refractivity contribution < 1.29 is 13.3 Å². The Morgan fingerprint density at radius 3 is 2.35 bits per heavy atom. The maximum atomic E-state index is 13.6. The molecule has 0 saturated carbocycles. The van der Waals surface area contributed by atoms with Gasteiger partial charge in [0, 0.05) is 5.56 Å². The molecule has 0 aliphatic rings. The Bertz CT molecular complexity index is 574. The lowest BCUT2D eigenvalue weighted by molar-refractivity contribution is 0.336. The molecule has 2 N–H and O–H groups in total. The summed E-state index contributed by atoms with van der Waals surface area (Å²) in [6.45, 7) is 3.85. The zero-order valence-electron chi connectivity index (χ0n) is 11.5. The minimum Gasteiger partial charge on any atom is -0.339 e. The number of rotatable bonds is 5. The second-order valence-corrected chi connectivity index (χ2v) is 4.75. The molecule has 6 heteroatoms. The third kappa shape index (κ3) is 2.70. The number of benzene rings is 1. The predicted molar refractivity (Wildman–Crippen MR) is 69.9 cm³/mol. The molecule has 0 spiro atoms. The van der Waals surface area contributed by atoms with E-state index in [-0.39, 0.29) is 17.9 Å². The lowest BCUT2D eigenvalue weighted by Crippen LogP contribution is -2.36. The molecule has 0 aliphatic heterocycles. The van der Waals surface area contributed by atoms with Gasteiger partial charge in [0.25, 0.3) is 0 Å². The topological polar surface area (TPSA) is 64.9 Å². The van der Waals surface area contributed by atoms with E-state index in [9.17, 15) is 8.78 Å². The summed E-state index contributed by atoms with van der Waals surface area (Å²) in [5.41, 5.74) is 5.40. The molecule has 2 aromatic rings. The van der Waals surface area contributed by atoms with E-state index in [0.29, 0.717) is 18.7 Å². The van der Waals surface area contributed by atoms with Gasteiger partial charge in [-0.2, -0.15) is 4.98 Å². The smallest absolute Gasteiger partial charge is 0.231 e. The van der Waals surface area contributed by atoms with Gasteiger partial charge < -0.3 is 10.3 Å². The molecule has 20 heavy (non-hydrogen) atoms. The molecule has 0 fully saturated rings. The van der Waals surface area contributed by atoms with E-state index in [0.717, 1.165) is 0 Å². The third-order valence-electron chi connectivity index (χ3n) is 3.56. The molecular formula is C14H17F2N3O. The quantitative estimate of drug-likeness (QED) is 0.915. The van der Waals surface area contributed by atoms with Crippen molar-refractivity contribution in [1.82, 2.24) is 10.1 Å². The molecule has 1 aromatic heterocycles. The van der Waals surface area contributed by atoms with E-state index in [1.807, 2.05) is 13.8 Å². The van der Waals surface area contributed by atoms with Gasteiger partial charge in [0.1, 0.15) is 11.6 Å². The Morgan fingerprint density at radius 1 is 1.20 bits per heavy atom. The van der Waals surface area contributed by atoms with Gasteiger partial charge >= 0.3 is 0 Å². The van der Waals surface area contributed by atoms with Crippen molar-refractivity contribution in [2.45, 2.75) is 38.6 Å². The van der Waals surface area contributed by atoms with Crippen LogP contribution in [-0.2, 0) is 12.0 Å². The summed E-state index contributed by atoms with van der Waals surface area (Å²) in [5, 5.41) is 3.83. The number of halogens is 2. The SMILES string of the molecule is CCC(N)(CC)c1noc(Cc2c(F)cccc2F)n1. The van der Waals surface area contributed by atoms with Gasteiger partial charge in [0.2, 0.25) is 5.89 Å². The largest absolute Gasteiger partial charge is 0.339 e. The highest BCUT2D eigenvalue weighted by Gasteiger charge is 2.29. The van der Waals surface area contributed by atoms with E-state index in [4.69, 9.17) is 10.3 Å². The van der Waals surface area contributed by atoms with Gasteiger partial charge in [-0.3, -0.25) is 0 Å². The maximum Gasteiger partial charge on any atom is 0.231 e. The van der Waals surface area contributed by atoms with E-state index < -0.39 is 17.2 Å². The normalized spacial score (nSPS) is 11.8. The third-order valence-corrected chi connectivity index (χ3v) is 3.56. The van der Waals surface area contributed by atoms with Crippen molar-refractivity contribution in [1.29, 1.82) is 0 Å². The van der Waals surface area contributed by atoms with Crippen LogP contribution in [0.4, 0.5) is 8.78 Å². The van der Waals surface area contributed by atoms with E-state index >= 15 is 0 Å². The van der Waals surface area contributed by atoms with Gasteiger partial charge in [-0.05, 0) is 25.0 Å². The summed E-state index contributed by atoms with van der Waals surface area (Å²) >= 11 is 0. The fourth-order valence-corrected chi connectivity index (χ4v) is 1.95. The Balaban J connectivity index is 2.26. The highest BCUT2D eigenvalue weighted by molar-refractivity contribution is 5.22. The Morgan fingerprint density at radius 2 is 1.80 bits per heavy atom. The van der Waals surface area contributed by atoms with Crippen LogP contribution in [0, 0.1) is 11.6 Å². The minimum absolute atomic E-state index is 0.0849. The molecular weight excluding hydrogens is 264 g/mol. The molecule has 0 radical (unpaired) electrons. The zero-order valence-corrected chi connectivity index (χ0v) is 11.5. The van der Waals surface area contributed by atoms with Crippen LogP contribution in [0.5, 0.6) is 0 Å². The van der Waals surface area contributed by atoms with Crippen molar-refractivity contribution in [2.75, 3.05) is 0 Å². The van der Waals surface area contributed by atoms with Gasteiger partial charge in [0.15, 0.2) is 5.82 Å². The minimum atomic E-state index is -0.671. The van der Waals surface area contributed by atoms with Gasteiger partial charge in [-0.25, -0.2) is 8.78 Å². The summed E-state index contributed by atoms with van der Waals surface area (Å²) in [6.07, 6.45) is 1.21. The van der Waals surface area contributed by atoms with Crippen LogP contribution in [0.15, 0.2) is 22.7 Å². The lowest BCUT2D eigenvalue weighted by atomic mass is 9.93. The average Bonchev–Trinajstić information content (AvgIpc) is 2.91. The second kappa shape index (κ2) is 5.66. The van der Waals surface area contributed by atoms with Crippen molar-refractivity contribution >= 4 is 0 Å². The van der Waals surface area contributed by atoms with Crippen LogP contribution >= 0.6 is 0 Å². The van der Waals surface area contributed by atoms with E-state index in [1.165, 1.54) is 18.2 Å². The van der Waals surface area contributed by atoms with Gasteiger partial charge in [-0.1, -0.05) is 25.1 Å². The number of nitrogens with two attached hydrogens (primary N) is 1. The average molecular weight is 281 g/mol. The Labute approximate surface area is 116 Å². The van der Waals surface area contributed by atoms with Crippen molar-refractivity contribution in [3.63, 3.8) is 0 Å². The molecule has 4 nitrogen and oxygen atoms in total. The molecule has 0 bridgehead atoms. The summed E-state index contributed by atoms with van der Waals surface area (Å²) in [5.74, 6) is -0.737. The van der Waals surface area contributed by atoms with Crippen molar-refractivity contribution in [3.05, 3.63) is 47.1 Å². The number of hydrogen-bond donors (Lipinski definition) is 1. The molecule has 0 unspecified atom stereocenters. The first-order valence-corrected chi connectivity index (χ1v) is 6.55. The van der Waals surface area contributed by atoms with E-state index in [1.54, 1.807) is 0 Å². The van der Waals surface area contributed by atoms with Crippen molar-refractivity contribution in [3.8, 4) is 0 Å². The molecule has 2 rings (SSSR count). The first kappa shape index (κ1) is 14.6. The van der Waals surface area contributed by atoms with Crippen LogP contribution in [0.3, 0.4) is 0 Å². The maximum absolute atomic E-state index is 13.6. The van der Waals surface area contributed by atoms with Crippen LogP contribution in [0.1, 0.15) is 44.0 Å². The van der Waals surface area contributed by atoms with E-state index in [2.05, 4.69) is 10.1 Å². The fraction of sp³-hybridized carbons (Fsp3) is 0.429. The van der Waals surface area contributed by atoms with Crippen molar-refractivity contribution in [2.24, 2.45) is 5.73 Å². The fourth-order valence-electron chi connectivity index (χ4n) is 1.95. The van der Waals surface area contributed by atoms with Crippen LogP contribution in [-0.4, -0.2) is 10.1 Å². The van der Waals surface area contributed by atoms with Crippen LogP contribution in [0.2, 0.25) is 0 Å². The standard InChI is InChI=1S/C14H17F2N3O/c1-3-14(17,4-2)13-18-12(20-19-13)8-9-10(15)6-5-7-11(9)16/h5-7H,3-4,8,17H2,1-2H3.